The molecule has 2 N–H and O–H groups in total. The van der Waals surface area contributed by atoms with Gasteiger partial charge in [0, 0.05) is 33.3 Å². The Kier molecular flexibility index (Phi) is 5.68. The first-order valence-electron chi connectivity index (χ1n) is 9.14. The zero-order valence-electron chi connectivity index (χ0n) is 16.6. The Morgan fingerprint density at radius 3 is 2.38 bits per heavy atom. The highest BCUT2D eigenvalue weighted by molar-refractivity contribution is 6.06. The lowest BCUT2D eigenvalue weighted by molar-refractivity contribution is -0.126. The van der Waals surface area contributed by atoms with Crippen molar-refractivity contribution in [1.82, 2.24) is 15.1 Å². The first kappa shape index (κ1) is 20.1. The topological polar surface area (TPSA) is 90.0 Å². The van der Waals surface area contributed by atoms with E-state index in [2.05, 4.69) is 5.32 Å². The number of benzene rings is 2. The number of likely N-dealkylation sites (N-methyl/N-ethyl adjacent to an activating group) is 1. The first-order chi connectivity index (χ1) is 13.8. The van der Waals surface area contributed by atoms with Crippen molar-refractivity contribution in [2.24, 2.45) is 0 Å². The van der Waals surface area contributed by atoms with E-state index in [1.165, 1.54) is 16.8 Å². The van der Waals surface area contributed by atoms with Crippen molar-refractivity contribution in [1.29, 1.82) is 0 Å². The summed E-state index contributed by atoms with van der Waals surface area (Å²) in [5.74, 6) is -1.59. The maximum Gasteiger partial charge on any atom is 0.289 e. The Balaban J connectivity index is 1.74. The van der Waals surface area contributed by atoms with Gasteiger partial charge in [0.15, 0.2) is 5.76 Å². The zero-order valence-corrected chi connectivity index (χ0v) is 16.6. The van der Waals surface area contributed by atoms with Gasteiger partial charge in [-0.25, -0.2) is 0 Å². The maximum atomic E-state index is 12.3. The van der Waals surface area contributed by atoms with E-state index >= 15 is 0 Å². The number of aliphatic hydroxyl groups is 1. The van der Waals surface area contributed by atoms with E-state index in [0.29, 0.717) is 5.56 Å². The second-order valence-corrected chi connectivity index (χ2v) is 7.15. The summed E-state index contributed by atoms with van der Waals surface area (Å²) in [7, 11) is 4.94. The van der Waals surface area contributed by atoms with Crippen LogP contribution in [0.4, 0.5) is 0 Å². The number of hydrogen-bond donors (Lipinski definition) is 2. The van der Waals surface area contributed by atoms with Crippen LogP contribution in [0.5, 0.6) is 0 Å². The summed E-state index contributed by atoms with van der Waals surface area (Å²) >= 11 is 0. The molecule has 0 fully saturated rings. The molecule has 7 heteroatoms. The van der Waals surface area contributed by atoms with E-state index in [-0.39, 0.29) is 24.6 Å². The molecule has 1 aliphatic heterocycles. The summed E-state index contributed by atoms with van der Waals surface area (Å²) in [5.41, 5.74) is 3.35. The number of carbonyl (C=O) groups excluding carboxylic acids is 3. The zero-order chi connectivity index (χ0) is 21.1. The molecule has 0 atom stereocenters. The number of nitrogens with zero attached hydrogens (tertiary/aromatic N) is 2. The predicted molar refractivity (Wildman–Crippen MR) is 109 cm³/mol. The van der Waals surface area contributed by atoms with Gasteiger partial charge < -0.3 is 20.2 Å². The molecule has 0 saturated heterocycles. The molecule has 3 amide bonds. The van der Waals surface area contributed by atoms with E-state index in [0.717, 1.165) is 16.7 Å². The van der Waals surface area contributed by atoms with Crippen LogP contribution in [-0.4, -0.2) is 60.3 Å². The van der Waals surface area contributed by atoms with Crippen LogP contribution in [0.1, 0.15) is 15.9 Å². The van der Waals surface area contributed by atoms with Crippen molar-refractivity contribution in [3.8, 4) is 11.1 Å². The maximum absolute atomic E-state index is 12.3. The highest BCUT2D eigenvalue weighted by Gasteiger charge is 2.31. The second-order valence-electron chi connectivity index (χ2n) is 7.15. The van der Waals surface area contributed by atoms with Crippen LogP contribution in [0.25, 0.3) is 11.1 Å². The van der Waals surface area contributed by atoms with Crippen molar-refractivity contribution >= 4 is 17.7 Å². The molecular weight excluding hydrogens is 370 g/mol. The van der Waals surface area contributed by atoms with E-state index < -0.39 is 17.6 Å². The number of hydrogen-bond acceptors (Lipinski definition) is 4. The normalized spacial score (nSPS) is 13.6. The van der Waals surface area contributed by atoms with Crippen LogP contribution in [0.3, 0.4) is 0 Å². The third kappa shape index (κ3) is 4.29. The molecule has 0 saturated carbocycles. The number of nitrogens with one attached hydrogen (secondary N) is 1. The van der Waals surface area contributed by atoms with Gasteiger partial charge in [0.25, 0.3) is 17.7 Å². The monoisotopic (exact) mass is 393 g/mol. The van der Waals surface area contributed by atoms with Crippen LogP contribution >= 0.6 is 0 Å². The highest BCUT2D eigenvalue weighted by atomic mass is 16.3. The van der Waals surface area contributed by atoms with Crippen LogP contribution in [-0.2, 0) is 16.1 Å². The Bertz CT molecular complexity index is 1010. The lowest BCUT2D eigenvalue weighted by Crippen LogP contribution is -2.27. The van der Waals surface area contributed by atoms with E-state index in [9.17, 15) is 19.5 Å². The van der Waals surface area contributed by atoms with Crippen LogP contribution in [0.2, 0.25) is 0 Å². The molecule has 7 nitrogen and oxygen atoms in total. The lowest BCUT2D eigenvalue weighted by Gasteiger charge is -2.12. The first-order valence-corrected chi connectivity index (χ1v) is 9.14. The standard InChI is InChI=1S/C22H23N3O4/c1-24(2)21(28)17-9-5-8-16(11-17)15-7-4-6-14(10-15)12-23-20(27)18-13-25(3)22(29)19(18)26/h4-11,26H,12-13H2,1-3H3,(H,23,27). The summed E-state index contributed by atoms with van der Waals surface area (Å²) < 4.78 is 0. The highest BCUT2D eigenvalue weighted by Crippen LogP contribution is 2.22. The Morgan fingerprint density at radius 2 is 1.76 bits per heavy atom. The van der Waals surface area contributed by atoms with E-state index in [4.69, 9.17) is 0 Å². The smallest absolute Gasteiger partial charge is 0.289 e. The Morgan fingerprint density at radius 1 is 1.10 bits per heavy atom. The van der Waals surface area contributed by atoms with Gasteiger partial charge in [-0.3, -0.25) is 14.4 Å². The average molecular weight is 393 g/mol. The summed E-state index contributed by atoms with van der Waals surface area (Å²) in [4.78, 5) is 38.9. The number of rotatable bonds is 5. The number of aliphatic hydroxyl groups excluding tert-OH is 1. The molecule has 1 heterocycles. The average Bonchev–Trinajstić information content (AvgIpc) is 2.99. The van der Waals surface area contributed by atoms with Crippen molar-refractivity contribution < 1.29 is 19.5 Å². The molecule has 29 heavy (non-hydrogen) atoms. The largest absolute Gasteiger partial charge is 0.503 e. The molecule has 2 aromatic rings. The van der Waals surface area contributed by atoms with Gasteiger partial charge in [-0.05, 0) is 34.9 Å². The minimum Gasteiger partial charge on any atom is -0.503 e. The fraction of sp³-hybridized carbons (Fsp3) is 0.227. The Hall–Kier alpha value is -3.61. The van der Waals surface area contributed by atoms with Gasteiger partial charge in [-0.15, -0.1) is 0 Å². The Labute approximate surface area is 169 Å². The molecule has 1 aliphatic rings. The SMILES string of the molecule is CN(C)C(=O)c1cccc(-c2cccc(CNC(=O)C3=C(O)C(=O)N(C)C3)c2)c1. The fourth-order valence-electron chi connectivity index (χ4n) is 3.11. The van der Waals surface area contributed by atoms with Crippen molar-refractivity contribution in [2.45, 2.75) is 6.54 Å². The van der Waals surface area contributed by atoms with Gasteiger partial charge >= 0.3 is 0 Å². The predicted octanol–water partition coefficient (Wildman–Crippen LogP) is 1.96. The van der Waals surface area contributed by atoms with Gasteiger partial charge in [0.2, 0.25) is 0 Å². The fourth-order valence-corrected chi connectivity index (χ4v) is 3.11. The molecule has 0 unspecified atom stereocenters. The molecule has 2 aromatic carbocycles. The second kappa shape index (κ2) is 8.18. The lowest BCUT2D eigenvalue weighted by atomic mass is 10.0. The quantitative estimate of drug-likeness (QED) is 0.813. The van der Waals surface area contributed by atoms with E-state index in [1.54, 1.807) is 20.2 Å². The molecule has 0 aliphatic carbocycles. The molecule has 0 radical (unpaired) electrons. The van der Waals surface area contributed by atoms with Gasteiger partial charge in [-0.2, -0.15) is 0 Å². The third-order valence-electron chi connectivity index (χ3n) is 4.73. The molecule has 0 bridgehead atoms. The summed E-state index contributed by atoms with van der Waals surface area (Å²) in [6.45, 7) is 0.334. The molecule has 150 valence electrons. The molecule has 3 rings (SSSR count). The van der Waals surface area contributed by atoms with Crippen molar-refractivity contribution in [2.75, 3.05) is 27.7 Å². The molecule has 0 spiro atoms. The minimum atomic E-state index is -0.552. The van der Waals surface area contributed by atoms with Crippen molar-refractivity contribution in [3.63, 3.8) is 0 Å². The molecular formula is C22H23N3O4. The van der Waals surface area contributed by atoms with Crippen LogP contribution < -0.4 is 5.32 Å². The van der Waals surface area contributed by atoms with Crippen LogP contribution in [0, 0.1) is 0 Å². The summed E-state index contributed by atoms with van der Waals surface area (Å²) in [6, 6.07) is 15.0. The molecule has 0 aromatic heterocycles. The number of amides is 3. The number of carbonyl (C=O) groups is 3. The summed E-state index contributed by atoms with van der Waals surface area (Å²) in [6.07, 6.45) is 0. The van der Waals surface area contributed by atoms with Gasteiger partial charge in [-0.1, -0.05) is 30.3 Å². The van der Waals surface area contributed by atoms with Gasteiger partial charge in [0.1, 0.15) is 0 Å². The van der Waals surface area contributed by atoms with E-state index in [1.807, 2.05) is 42.5 Å². The van der Waals surface area contributed by atoms with Gasteiger partial charge in [0.05, 0.1) is 12.1 Å². The summed E-state index contributed by atoms with van der Waals surface area (Å²) in [5, 5.41) is 12.5. The third-order valence-corrected chi connectivity index (χ3v) is 4.73. The minimum absolute atomic E-state index is 0.0700. The van der Waals surface area contributed by atoms with Crippen molar-refractivity contribution in [3.05, 3.63) is 71.0 Å². The van der Waals surface area contributed by atoms with Crippen LogP contribution in [0.15, 0.2) is 59.9 Å².